The van der Waals surface area contributed by atoms with Gasteiger partial charge in [-0.3, -0.25) is 4.79 Å². The average molecular weight is 184 g/mol. The minimum atomic E-state index is -0.271. The molecule has 1 radical (unpaired) electrons. The fourth-order valence-electron chi connectivity index (χ4n) is 0.779. The van der Waals surface area contributed by atoms with E-state index < -0.39 is 0 Å². The van der Waals surface area contributed by atoms with Crippen LogP contribution in [0.3, 0.4) is 0 Å². The number of thiazole rings is 1. The number of hydrogen-bond acceptors (Lipinski definition) is 4. The third-order valence-corrected chi connectivity index (χ3v) is 2.05. The lowest BCUT2D eigenvalue weighted by atomic mass is 10.1. The molecule has 12 heavy (non-hydrogen) atoms. The van der Waals surface area contributed by atoms with E-state index >= 15 is 0 Å². The van der Waals surface area contributed by atoms with Gasteiger partial charge in [-0.1, -0.05) is 0 Å². The first-order chi connectivity index (χ1) is 5.75. The SMILES string of the molecule is CCOC(=O)C(C)c1cs[c]n1. The lowest BCUT2D eigenvalue weighted by Gasteiger charge is -2.06. The standard InChI is InChI=1S/C8H10NO2S/c1-3-11-8(10)6(2)7-4-12-5-9-7/h4,6H,3H2,1-2H3. The van der Waals surface area contributed by atoms with Crippen molar-refractivity contribution in [2.75, 3.05) is 6.61 Å². The zero-order valence-electron chi connectivity index (χ0n) is 7.03. The van der Waals surface area contributed by atoms with Crippen LogP contribution in [-0.4, -0.2) is 17.6 Å². The second kappa shape index (κ2) is 4.21. The van der Waals surface area contributed by atoms with Crippen LogP contribution in [0.1, 0.15) is 25.5 Å². The van der Waals surface area contributed by atoms with Crippen LogP contribution in [0, 0.1) is 5.51 Å². The summed E-state index contributed by atoms with van der Waals surface area (Å²) in [6, 6.07) is 0. The molecule has 0 spiro atoms. The fraction of sp³-hybridized carbons (Fsp3) is 0.500. The number of ether oxygens (including phenoxy) is 1. The number of aromatic nitrogens is 1. The summed E-state index contributed by atoms with van der Waals surface area (Å²) in [7, 11) is 0. The van der Waals surface area contributed by atoms with Gasteiger partial charge in [-0.25, -0.2) is 4.98 Å². The van der Waals surface area contributed by atoms with Crippen LogP contribution < -0.4 is 0 Å². The maximum Gasteiger partial charge on any atom is 0.314 e. The number of nitrogens with zero attached hydrogens (tertiary/aromatic N) is 1. The molecule has 0 aliphatic rings. The average Bonchev–Trinajstić information content (AvgIpc) is 2.55. The first-order valence-electron chi connectivity index (χ1n) is 3.73. The van der Waals surface area contributed by atoms with E-state index in [1.54, 1.807) is 13.8 Å². The van der Waals surface area contributed by atoms with Gasteiger partial charge in [-0.15, -0.1) is 11.3 Å². The summed E-state index contributed by atoms with van der Waals surface area (Å²) in [5, 5.41) is 1.81. The number of carbonyl (C=O) groups is 1. The zero-order chi connectivity index (χ0) is 8.97. The normalized spacial score (nSPS) is 12.5. The van der Waals surface area contributed by atoms with E-state index in [-0.39, 0.29) is 11.9 Å². The third kappa shape index (κ3) is 2.04. The molecule has 65 valence electrons. The van der Waals surface area contributed by atoms with E-state index in [1.807, 2.05) is 5.38 Å². The Balaban J connectivity index is 2.59. The van der Waals surface area contributed by atoms with Gasteiger partial charge in [-0.05, 0) is 13.8 Å². The van der Waals surface area contributed by atoms with Crippen molar-refractivity contribution < 1.29 is 9.53 Å². The van der Waals surface area contributed by atoms with Crippen LogP contribution in [0.5, 0.6) is 0 Å². The zero-order valence-corrected chi connectivity index (χ0v) is 7.85. The molecule has 0 aliphatic heterocycles. The molecule has 4 heteroatoms. The van der Waals surface area contributed by atoms with Crippen LogP contribution >= 0.6 is 11.3 Å². The predicted octanol–water partition coefficient (Wildman–Crippen LogP) is 1.61. The molecule has 1 aromatic heterocycles. The number of esters is 1. The Morgan fingerprint density at radius 2 is 2.67 bits per heavy atom. The van der Waals surface area contributed by atoms with Gasteiger partial charge in [0.2, 0.25) is 0 Å². The van der Waals surface area contributed by atoms with E-state index in [4.69, 9.17) is 4.74 Å². The molecule has 0 aliphatic carbocycles. The molecular formula is C8H10NO2S. The van der Waals surface area contributed by atoms with Gasteiger partial charge in [-0.2, -0.15) is 0 Å². The molecule has 0 amide bonds. The maximum absolute atomic E-state index is 11.2. The molecule has 3 nitrogen and oxygen atoms in total. The first kappa shape index (κ1) is 9.19. The summed E-state index contributed by atoms with van der Waals surface area (Å²) in [6.45, 7) is 3.98. The predicted molar refractivity (Wildman–Crippen MR) is 46.0 cm³/mol. The fourth-order valence-corrected chi connectivity index (χ4v) is 1.37. The Bertz CT molecular complexity index is 246. The van der Waals surface area contributed by atoms with Crippen molar-refractivity contribution in [1.82, 2.24) is 4.98 Å². The van der Waals surface area contributed by atoms with Crippen molar-refractivity contribution in [1.29, 1.82) is 0 Å². The molecule has 0 aromatic carbocycles. The van der Waals surface area contributed by atoms with Crippen molar-refractivity contribution in [3.05, 3.63) is 16.6 Å². The summed E-state index contributed by atoms with van der Waals surface area (Å²) < 4.78 is 4.84. The van der Waals surface area contributed by atoms with Crippen LogP contribution in [0.15, 0.2) is 5.38 Å². The lowest BCUT2D eigenvalue weighted by molar-refractivity contribution is -0.144. The van der Waals surface area contributed by atoms with Crippen molar-refractivity contribution in [2.24, 2.45) is 0 Å². The number of rotatable bonds is 3. The first-order valence-corrected chi connectivity index (χ1v) is 4.61. The molecule has 0 N–H and O–H groups in total. The van der Waals surface area contributed by atoms with E-state index in [1.165, 1.54) is 11.3 Å². The highest BCUT2D eigenvalue weighted by atomic mass is 32.1. The maximum atomic E-state index is 11.2. The Hall–Kier alpha value is -0.900. The van der Waals surface area contributed by atoms with E-state index in [2.05, 4.69) is 10.5 Å². The van der Waals surface area contributed by atoms with Crippen molar-refractivity contribution in [3.8, 4) is 0 Å². The minimum absolute atomic E-state index is 0.225. The topological polar surface area (TPSA) is 39.2 Å². The molecular weight excluding hydrogens is 174 g/mol. The molecule has 0 bridgehead atoms. The molecule has 1 atom stereocenters. The molecule has 0 fully saturated rings. The van der Waals surface area contributed by atoms with E-state index in [0.717, 1.165) is 5.69 Å². The van der Waals surface area contributed by atoms with Gasteiger partial charge in [0.05, 0.1) is 18.2 Å². The molecule has 1 rings (SSSR count). The Morgan fingerprint density at radius 3 is 3.17 bits per heavy atom. The largest absolute Gasteiger partial charge is 0.465 e. The van der Waals surface area contributed by atoms with Gasteiger partial charge in [0.25, 0.3) is 0 Å². The third-order valence-electron chi connectivity index (χ3n) is 1.49. The van der Waals surface area contributed by atoms with Crippen molar-refractivity contribution in [3.63, 3.8) is 0 Å². The van der Waals surface area contributed by atoms with Crippen LogP contribution in [0.4, 0.5) is 0 Å². The van der Waals surface area contributed by atoms with Crippen LogP contribution in [0.2, 0.25) is 0 Å². The smallest absolute Gasteiger partial charge is 0.314 e. The minimum Gasteiger partial charge on any atom is -0.465 e. The van der Waals surface area contributed by atoms with Gasteiger partial charge >= 0.3 is 5.97 Å². The van der Waals surface area contributed by atoms with Crippen LogP contribution in [0.25, 0.3) is 0 Å². The van der Waals surface area contributed by atoms with Crippen molar-refractivity contribution >= 4 is 17.3 Å². The summed E-state index contributed by atoms with van der Waals surface area (Å²) in [6.07, 6.45) is 0. The van der Waals surface area contributed by atoms with E-state index in [9.17, 15) is 4.79 Å². The van der Waals surface area contributed by atoms with Crippen molar-refractivity contribution in [2.45, 2.75) is 19.8 Å². The Labute approximate surface area is 75.4 Å². The van der Waals surface area contributed by atoms with Gasteiger partial charge in [0.15, 0.2) is 5.51 Å². The summed E-state index contributed by atoms with van der Waals surface area (Å²) in [5.41, 5.74) is 3.43. The van der Waals surface area contributed by atoms with Gasteiger partial charge < -0.3 is 4.74 Å². The number of carbonyl (C=O) groups excluding carboxylic acids is 1. The molecule has 1 unspecified atom stereocenters. The highest BCUT2D eigenvalue weighted by Crippen LogP contribution is 2.15. The number of hydrogen-bond donors (Lipinski definition) is 0. The summed E-state index contributed by atoms with van der Waals surface area (Å²) >= 11 is 1.36. The Kier molecular flexibility index (Phi) is 3.22. The quantitative estimate of drug-likeness (QED) is 0.670. The second-order valence-electron chi connectivity index (χ2n) is 2.34. The summed E-state index contributed by atoms with van der Waals surface area (Å²) in [4.78, 5) is 15.1. The molecule has 1 heterocycles. The monoisotopic (exact) mass is 184 g/mol. The molecule has 0 saturated carbocycles. The van der Waals surface area contributed by atoms with Gasteiger partial charge in [0, 0.05) is 5.38 Å². The summed E-state index contributed by atoms with van der Waals surface area (Å²) in [5.74, 6) is -0.496. The highest BCUT2D eigenvalue weighted by molar-refractivity contribution is 7.07. The second-order valence-corrected chi connectivity index (χ2v) is 2.99. The Morgan fingerprint density at radius 1 is 1.92 bits per heavy atom. The van der Waals surface area contributed by atoms with E-state index in [0.29, 0.717) is 6.61 Å². The molecule has 1 aromatic rings. The van der Waals surface area contributed by atoms with Gasteiger partial charge in [0.1, 0.15) is 0 Å². The highest BCUT2D eigenvalue weighted by Gasteiger charge is 2.17. The molecule has 0 saturated heterocycles. The van der Waals surface area contributed by atoms with Crippen LogP contribution in [-0.2, 0) is 9.53 Å². The lowest BCUT2D eigenvalue weighted by Crippen LogP contribution is -2.13.